The number of halogens is 2. The Morgan fingerprint density at radius 3 is 2.44 bits per heavy atom. The second-order valence-electron chi connectivity index (χ2n) is 5.73. The molecule has 2 rings (SSSR count). The van der Waals surface area contributed by atoms with Crippen LogP contribution in [0.3, 0.4) is 0 Å². The summed E-state index contributed by atoms with van der Waals surface area (Å²) in [6, 6.07) is 3.54. The Labute approximate surface area is 161 Å². The number of rotatable bonds is 5. The SMILES string of the molecule is CCOC(=O)c1c(CN(C)C)n(C)c2cc(Br)c(OC(C)=O)cc12.Cl. The van der Waals surface area contributed by atoms with Gasteiger partial charge in [-0.05, 0) is 49.1 Å². The van der Waals surface area contributed by atoms with Crippen LogP contribution >= 0.6 is 28.3 Å². The fourth-order valence-electron chi connectivity index (χ4n) is 2.64. The van der Waals surface area contributed by atoms with Crippen LogP contribution in [0.15, 0.2) is 16.6 Å². The quantitative estimate of drug-likeness (QED) is 0.533. The third-order valence-electron chi connectivity index (χ3n) is 3.57. The molecule has 0 saturated heterocycles. The number of carbonyl (C=O) groups excluding carboxylic acids is 2. The summed E-state index contributed by atoms with van der Waals surface area (Å²) in [6.07, 6.45) is 0. The van der Waals surface area contributed by atoms with Crippen molar-refractivity contribution in [1.29, 1.82) is 0 Å². The number of carbonyl (C=O) groups is 2. The second-order valence-corrected chi connectivity index (χ2v) is 6.59. The summed E-state index contributed by atoms with van der Waals surface area (Å²) in [5, 5.41) is 0.701. The summed E-state index contributed by atoms with van der Waals surface area (Å²) in [5.41, 5.74) is 2.21. The lowest BCUT2D eigenvalue weighted by Gasteiger charge is -2.13. The van der Waals surface area contributed by atoms with Gasteiger partial charge in [-0.25, -0.2) is 4.79 Å². The Bertz CT molecular complexity index is 802. The number of esters is 2. The smallest absolute Gasteiger partial charge is 0.340 e. The predicted octanol–water partition coefficient (Wildman–Crippen LogP) is 3.53. The van der Waals surface area contributed by atoms with E-state index in [1.807, 2.05) is 36.7 Å². The Kier molecular flexibility index (Phi) is 7.46. The highest BCUT2D eigenvalue weighted by Gasteiger charge is 2.24. The van der Waals surface area contributed by atoms with Crippen molar-refractivity contribution in [3.63, 3.8) is 0 Å². The zero-order chi connectivity index (χ0) is 18.0. The average Bonchev–Trinajstić information content (AvgIpc) is 2.71. The molecule has 25 heavy (non-hydrogen) atoms. The van der Waals surface area contributed by atoms with Crippen LogP contribution in [-0.4, -0.2) is 42.1 Å². The lowest BCUT2D eigenvalue weighted by Crippen LogP contribution is -2.17. The molecule has 0 aliphatic carbocycles. The van der Waals surface area contributed by atoms with Crippen molar-refractivity contribution in [3.8, 4) is 5.75 Å². The maximum absolute atomic E-state index is 12.5. The molecule has 2 aromatic rings. The fraction of sp³-hybridized carbons (Fsp3) is 0.412. The van der Waals surface area contributed by atoms with Crippen molar-refractivity contribution < 1.29 is 19.1 Å². The molecule has 0 saturated carbocycles. The number of hydrogen-bond donors (Lipinski definition) is 0. The Hall–Kier alpha value is -1.57. The maximum atomic E-state index is 12.5. The molecular formula is C17H22BrClN2O4. The van der Waals surface area contributed by atoms with Gasteiger partial charge >= 0.3 is 11.9 Å². The van der Waals surface area contributed by atoms with Crippen LogP contribution in [0.2, 0.25) is 0 Å². The summed E-state index contributed by atoms with van der Waals surface area (Å²) < 4.78 is 13.1. The molecule has 0 aliphatic rings. The van der Waals surface area contributed by atoms with Crippen LogP contribution in [0.25, 0.3) is 10.9 Å². The molecule has 1 aromatic carbocycles. The van der Waals surface area contributed by atoms with Gasteiger partial charge in [0.15, 0.2) is 0 Å². The number of aromatic nitrogens is 1. The molecule has 1 aromatic heterocycles. The number of fused-ring (bicyclic) bond motifs is 1. The molecule has 8 heteroatoms. The first-order valence-electron chi connectivity index (χ1n) is 7.57. The largest absolute Gasteiger partial charge is 0.462 e. The van der Waals surface area contributed by atoms with Crippen molar-refractivity contribution >= 4 is 51.2 Å². The van der Waals surface area contributed by atoms with Crippen LogP contribution in [0.4, 0.5) is 0 Å². The van der Waals surface area contributed by atoms with E-state index in [-0.39, 0.29) is 18.4 Å². The van der Waals surface area contributed by atoms with E-state index in [1.165, 1.54) is 6.92 Å². The number of hydrogen-bond acceptors (Lipinski definition) is 5. The highest BCUT2D eigenvalue weighted by atomic mass is 79.9. The van der Waals surface area contributed by atoms with E-state index in [4.69, 9.17) is 9.47 Å². The van der Waals surface area contributed by atoms with Gasteiger partial charge in [-0.1, -0.05) is 0 Å². The van der Waals surface area contributed by atoms with Crippen LogP contribution in [0, 0.1) is 0 Å². The number of aryl methyl sites for hydroxylation is 1. The topological polar surface area (TPSA) is 60.8 Å². The standard InChI is InChI=1S/C17H21BrN2O4.ClH/c1-6-23-17(22)16-11-7-15(24-10(2)21)12(18)8-13(11)20(5)14(16)9-19(3)4;/h7-8H,6,9H2,1-5H3;1H. The van der Waals surface area contributed by atoms with Crippen molar-refractivity contribution in [2.45, 2.75) is 20.4 Å². The van der Waals surface area contributed by atoms with Gasteiger partial charge in [0, 0.05) is 31.6 Å². The van der Waals surface area contributed by atoms with Crippen LogP contribution < -0.4 is 4.74 Å². The molecule has 0 spiro atoms. The van der Waals surface area contributed by atoms with Crippen molar-refractivity contribution in [2.24, 2.45) is 7.05 Å². The van der Waals surface area contributed by atoms with Gasteiger partial charge in [-0.3, -0.25) is 4.79 Å². The van der Waals surface area contributed by atoms with Gasteiger partial charge in [-0.2, -0.15) is 0 Å². The van der Waals surface area contributed by atoms with E-state index in [9.17, 15) is 9.59 Å². The summed E-state index contributed by atoms with van der Waals surface area (Å²) >= 11 is 3.42. The lowest BCUT2D eigenvalue weighted by molar-refractivity contribution is -0.131. The fourth-order valence-corrected chi connectivity index (χ4v) is 3.05. The van der Waals surface area contributed by atoms with Crippen LogP contribution in [0.1, 0.15) is 29.9 Å². The summed E-state index contributed by atoms with van der Waals surface area (Å²) in [7, 11) is 5.78. The minimum absolute atomic E-state index is 0. The number of ether oxygens (including phenoxy) is 2. The zero-order valence-corrected chi connectivity index (χ0v) is 17.3. The van der Waals surface area contributed by atoms with Gasteiger partial charge < -0.3 is 18.9 Å². The Morgan fingerprint density at radius 2 is 1.92 bits per heavy atom. The minimum atomic E-state index is -0.419. The molecule has 0 fully saturated rings. The first-order valence-corrected chi connectivity index (χ1v) is 8.36. The molecular weight excluding hydrogens is 412 g/mol. The third-order valence-corrected chi connectivity index (χ3v) is 4.19. The molecule has 0 amide bonds. The summed E-state index contributed by atoms with van der Waals surface area (Å²) in [4.78, 5) is 25.8. The van der Waals surface area contributed by atoms with Gasteiger partial charge in [0.05, 0.1) is 22.2 Å². The molecule has 0 radical (unpaired) electrons. The van der Waals surface area contributed by atoms with E-state index in [2.05, 4.69) is 15.9 Å². The maximum Gasteiger partial charge on any atom is 0.340 e. The zero-order valence-electron chi connectivity index (χ0n) is 14.9. The molecule has 0 bridgehead atoms. The van der Waals surface area contributed by atoms with Crippen LogP contribution in [0.5, 0.6) is 5.75 Å². The molecule has 0 aliphatic heterocycles. The van der Waals surface area contributed by atoms with E-state index >= 15 is 0 Å². The molecule has 6 nitrogen and oxygen atoms in total. The minimum Gasteiger partial charge on any atom is -0.462 e. The molecule has 0 atom stereocenters. The number of benzene rings is 1. The van der Waals surface area contributed by atoms with Crippen molar-refractivity contribution in [1.82, 2.24) is 9.47 Å². The van der Waals surface area contributed by atoms with Gasteiger partial charge in [0.1, 0.15) is 5.75 Å². The van der Waals surface area contributed by atoms with Crippen molar-refractivity contribution in [3.05, 3.63) is 27.9 Å². The first-order chi connectivity index (χ1) is 11.3. The number of nitrogens with zero attached hydrogens (tertiary/aromatic N) is 2. The molecule has 0 unspecified atom stereocenters. The third kappa shape index (κ3) is 4.54. The Morgan fingerprint density at radius 1 is 1.28 bits per heavy atom. The summed E-state index contributed by atoms with van der Waals surface area (Å²) in [5.74, 6) is -0.421. The van der Waals surface area contributed by atoms with E-state index in [1.54, 1.807) is 13.0 Å². The lowest BCUT2D eigenvalue weighted by atomic mass is 10.1. The van der Waals surface area contributed by atoms with E-state index < -0.39 is 5.97 Å². The highest BCUT2D eigenvalue weighted by Crippen LogP contribution is 2.35. The predicted molar refractivity (Wildman–Crippen MR) is 103 cm³/mol. The summed E-state index contributed by atoms with van der Waals surface area (Å²) in [6.45, 7) is 3.99. The average molecular weight is 434 g/mol. The first kappa shape index (κ1) is 21.5. The monoisotopic (exact) mass is 432 g/mol. The van der Waals surface area contributed by atoms with E-state index in [0.717, 1.165) is 11.2 Å². The van der Waals surface area contributed by atoms with Gasteiger partial charge in [0.2, 0.25) is 0 Å². The van der Waals surface area contributed by atoms with Gasteiger partial charge in [0.25, 0.3) is 0 Å². The Balaban J connectivity index is 0.00000312. The molecule has 138 valence electrons. The van der Waals surface area contributed by atoms with Crippen molar-refractivity contribution in [2.75, 3.05) is 20.7 Å². The highest BCUT2D eigenvalue weighted by molar-refractivity contribution is 9.10. The normalized spacial score (nSPS) is 10.7. The van der Waals surface area contributed by atoms with Crippen LogP contribution in [-0.2, 0) is 23.1 Å². The molecule has 0 N–H and O–H groups in total. The van der Waals surface area contributed by atoms with E-state index in [0.29, 0.717) is 34.3 Å². The molecule has 1 heterocycles. The second kappa shape index (κ2) is 8.69. The van der Waals surface area contributed by atoms with Gasteiger partial charge in [-0.15, -0.1) is 12.4 Å².